The second-order valence-corrected chi connectivity index (χ2v) is 4.14. The van der Waals surface area contributed by atoms with E-state index in [1.165, 1.54) is 0 Å². The number of hydrogen-bond acceptors (Lipinski definition) is 3. The van der Waals surface area contributed by atoms with Crippen LogP contribution in [0.15, 0.2) is 0 Å². The molecule has 4 N–H and O–H groups in total. The van der Waals surface area contributed by atoms with Gasteiger partial charge in [-0.3, -0.25) is 0 Å². The monoisotopic (exact) mass is 171 g/mol. The molecule has 3 heteroatoms. The molecule has 1 rings (SSSR count). The molecule has 3 atom stereocenters. The highest BCUT2D eigenvalue weighted by molar-refractivity contribution is 4.89. The fourth-order valence-electron chi connectivity index (χ4n) is 1.55. The molecule has 0 saturated carbocycles. The van der Waals surface area contributed by atoms with Gasteiger partial charge in [-0.2, -0.15) is 0 Å². The Hall–Kier alpha value is -0.120. The lowest BCUT2D eigenvalue weighted by atomic mass is 9.98. The zero-order chi connectivity index (χ0) is 9.14. The molecular weight excluding hydrogens is 150 g/mol. The predicted octanol–water partition coefficient (Wildman–Crippen LogP) is -0.0804. The third-order valence-corrected chi connectivity index (χ3v) is 2.60. The van der Waals surface area contributed by atoms with Gasteiger partial charge in [-0.25, -0.2) is 0 Å². The Morgan fingerprint density at radius 3 is 2.25 bits per heavy atom. The quantitative estimate of drug-likeness (QED) is 0.545. The third kappa shape index (κ3) is 2.44. The number of rotatable bonds is 2. The van der Waals surface area contributed by atoms with Crippen LogP contribution in [0.25, 0.3) is 0 Å². The van der Waals surface area contributed by atoms with Gasteiger partial charge >= 0.3 is 0 Å². The number of nitrogens with two attached hydrogens (primary N) is 1. The van der Waals surface area contributed by atoms with Crippen LogP contribution in [-0.4, -0.2) is 31.2 Å². The van der Waals surface area contributed by atoms with E-state index in [1.54, 1.807) is 0 Å². The van der Waals surface area contributed by atoms with Crippen LogP contribution in [0.3, 0.4) is 0 Å². The van der Waals surface area contributed by atoms with Crippen molar-refractivity contribution in [3.63, 3.8) is 0 Å². The van der Waals surface area contributed by atoms with Crippen LogP contribution >= 0.6 is 0 Å². The fourth-order valence-corrected chi connectivity index (χ4v) is 1.55. The van der Waals surface area contributed by atoms with Crippen molar-refractivity contribution in [3.05, 3.63) is 0 Å². The first kappa shape index (κ1) is 9.96. The van der Waals surface area contributed by atoms with E-state index in [1.807, 2.05) is 0 Å². The minimum Gasteiger partial charge on any atom is -0.326 e. The molecule has 0 aromatic heterocycles. The van der Waals surface area contributed by atoms with Gasteiger partial charge in [-0.05, 0) is 12.8 Å². The number of hydrogen-bond donors (Lipinski definition) is 3. The van der Waals surface area contributed by atoms with Gasteiger partial charge < -0.3 is 16.4 Å². The van der Waals surface area contributed by atoms with Crippen LogP contribution < -0.4 is 16.4 Å². The zero-order valence-corrected chi connectivity index (χ0v) is 8.30. The molecule has 0 spiro atoms. The lowest BCUT2D eigenvalue weighted by molar-refractivity contribution is 0.266. The summed E-state index contributed by atoms with van der Waals surface area (Å²) in [6, 6.07) is 1.25. The van der Waals surface area contributed by atoms with Crippen molar-refractivity contribution < 1.29 is 0 Å². The van der Waals surface area contributed by atoms with Gasteiger partial charge in [0, 0.05) is 31.2 Å². The van der Waals surface area contributed by atoms with Gasteiger partial charge in [-0.15, -0.1) is 0 Å². The normalized spacial score (nSPS) is 33.8. The highest BCUT2D eigenvalue weighted by Gasteiger charge is 2.24. The predicted molar refractivity (Wildman–Crippen MR) is 52.1 cm³/mol. The molecule has 1 saturated heterocycles. The molecule has 72 valence electrons. The Kier molecular flexibility index (Phi) is 3.50. The van der Waals surface area contributed by atoms with E-state index < -0.39 is 0 Å². The van der Waals surface area contributed by atoms with Crippen LogP contribution in [-0.2, 0) is 0 Å². The molecule has 12 heavy (non-hydrogen) atoms. The van der Waals surface area contributed by atoms with Crippen LogP contribution in [0.5, 0.6) is 0 Å². The lowest BCUT2D eigenvalue weighted by Gasteiger charge is -2.36. The maximum atomic E-state index is 5.83. The van der Waals surface area contributed by atoms with Gasteiger partial charge in [0.2, 0.25) is 0 Å². The maximum Gasteiger partial charge on any atom is 0.0344 e. The second kappa shape index (κ2) is 4.21. The summed E-state index contributed by atoms with van der Waals surface area (Å²) in [5.74, 6) is 0.680. The highest BCUT2D eigenvalue weighted by atomic mass is 15.1. The number of piperazine rings is 1. The molecule has 3 nitrogen and oxygen atoms in total. The van der Waals surface area contributed by atoms with E-state index in [9.17, 15) is 0 Å². The highest BCUT2D eigenvalue weighted by Crippen LogP contribution is 2.06. The van der Waals surface area contributed by atoms with Crippen LogP contribution in [0.4, 0.5) is 0 Å². The summed E-state index contributed by atoms with van der Waals surface area (Å²) >= 11 is 0. The standard InChI is InChI=1S/C9H21N3/c1-6(2)8-4-11-5-9(12-8)7(3)10/h6-9,11-12H,4-5,10H2,1-3H3. The SMILES string of the molecule is CC(C)C1CNCC(C(C)N)N1. The molecule has 1 heterocycles. The van der Waals surface area contributed by atoms with Crippen molar-refractivity contribution in [2.75, 3.05) is 13.1 Å². The average Bonchev–Trinajstić information content (AvgIpc) is 2.04. The summed E-state index contributed by atoms with van der Waals surface area (Å²) in [5, 5.41) is 6.97. The molecule has 0 aromatic rings. The summed E-state index contributed by atoms with van der Waals surface area (Å²) in [4.78, 5) is 0. The molecule has 0 aliphatic carbocycles. The van der Waals surface area contributed by atoms with E-state index in [0.717, 1.165) is 13.1 Å². The van der Waals surface area contributed by atoms with Crippen LogP contribution in [0.2, 0.25) is 0 Å². The molecule has 1 fully saturated rings. The van der Waals surface area contributed by atoms with Crippen LogP contribution in [0.1, 0.15) is 20.8 Å². The van der Waals surface area contributed by atoms with Gasteiger partial charge in [0.05, 0.1) is 0 Å². The van der Waals surface area contributed by atoms with E-state index in [4.69, 9.17) is 5.73 Å². The largest absolute Gasteiger partial charge is 0.326 e. The minimum absolute atomic E-state index is 0.235. The summed E-state index contributed by atoms with van der Waals surface area (Å²) in [7, 11) is 0. The lowest BCUT2D eigenvalue weighted by Crippen LogP contribution is -2.61. The van der Waals surface area contributed by atoms with E-state index in [2.05, 4.69) is 31.4 Å². The molecule has 0 aromatic carbocycles. The van der Waals surface area contributed by atoms with E-state index in [-0.39, 0.29) is 6.04 Å². The maximum absolute atomic E-state index is 5.83. The molecule has 0 amide bonds. The Morgan fingerprint density at radius 1 is 1.17 bits per heavy atom. The average molecular weight is 171 g/mol. The Morgan fingerprint density at radius 2 is 1.75 bits per heavy atom. The third-order valence-electron chi connectivity index (χ3n) is 2.60. The molecular formula is C9H21N3. The van der Waals surface area contributed by atoms with Crippen molar-refractivity contribution in [2.45, 2.75) is 38.9 Å². The van der Waals surface area contributed by atoms with Gasteiger partial charge in [0.25, 0.3) is 0 Å². The molecule has 1 aliphatic heterocycles. The molecule has 0 bridgehead atoms. The van der Waals surface area contributed by atoms with Crippen LogP contribution in [0, 0.1) is 5.92 Å². The first-order valence-electron chi connectivity index (χ1n) is 4.83. The topological polar surface area (TPSA) is 50.1 Å². The first-order chi connectivity index (χ1) is 5.61. The molecule has 0 radical (unpaired) electrons. The molecule has 3 unspecified atom stereocenters. The Balaban J connectivity index is 2.40. The van der Waals surface area contributed by atoms with Gasteiger partial charge in [0.1, 0.15) is 0 Å². The first-order valence-corrected chi connectivity index (χ1v) is 4.83. The van der Waals surface area contributed by atoms with Crippen molar-refractivity contribution in [2.24, 2.45) is 11.7 Å². The van der Waals surface area contributed by atoms with Gasteiger partial charge in [-0.1, -0.05) is 13.8 Å². The van der Waals surface area contributed by atoms with Crippen molar-refractivity contribution in [1.29, 1.82) is 0 Å². The summed E-state index contributed by atoms with van der Waals surface area (Å²) in [5.41, 5.74) is 5.83. The molecule has 1 aliphatic rings. The van der Waals surface area contributed by atoms with Crippen molar-refractivity contribution in [3.8, 4) is 0 Å². The van der Waals surface area contributed by atoms with E-state index >= 15 is 0 Å². The van der Waals surface area contributed by atoms with E-state index in [0.29, 0.717) is 18.0 Å². The smallest absolute Gasteiger partial charge is 0.0344 e. The zero-order valence-electron chi connectivity index (χ0n) is 8.30. The fraction of sp³-hybridized carbons (Fsp3) is 1.00. The Labute approximate surface area is 75.1 Å². The number of nitrogens with one attached hydrogen (secondary N) is 2. The van der Waals surface area contributed by atoms with Crippen molar-refractivity contribution in [1.82, 2.24) is 10.6 Å². The summed E-state index contributed by atoms with van der Waals surface area (Å²) in [6.07, 6.45) is 0. The van der Waals surface area contributed by atoms with Gasteiger partial charge in [0.15, 0.2) is 0 Å². The summed E-state index contributed by atoms with van der Waals surface area (Å²) < 4.78 is 0. The van der Waals surface area contributed by atoms with Crippen molar-refractivity contribution >= 4 is 0 Å². The second-order valence-electron chi connectivity index (χ2n) is 4.14. The minimum atomic E-state index is 0.235. The Bertz CT molecular complexity index is 120. The summed E-state index contributed by atoms with van der Waals surface area (Å²) in [6.45, 7) is 8.61.